The second-order valence-corrected chi connectivity index (χ2v) is 8.22. The molecule has 7 atom stereocenters. The van der Waals surface area contributed by atoms with E-state index in [9.17, 15) is 9.90 Å². The molecule has 0 aromatic carbocycles. The van der Waals surface area contributed by atoms with Gasteiger partial charge in [0.2, 0.25) is 0 Å². The summed E-state index contributed by atoms with van der Waals surface area (Å²) >= 11 is 0. The van der Waals surface area contributed by atoms with E-state index >= 15 is 0 Å². The van der Waals surface area contributed by atoms with Gasteiger partial charge in [-0.25, -0.2) is 0 Å². The molecule has 0 aromatic rings. The maximum Gasteiger partial charge on any atom is 0.314 e. The number of carbonyl (C=O) groups is 1. The fourth-order valence-electron chi connectivity index (χ4n) is 6.63. The van der Waals surface area contributed by atoms with Crippen LogP contribution >= 0.6 is 0 Å². The third-order valence-electron chi connectivity index (χ3n) is 7.32. The Labute approximate surface area is 121 Å². The van der Waals surface area contributed by atoms with Crippen molar-refractivity contribution >= 4 is 5.97 Å². The van der Waals surface area contributed by atoms with E-state index in [2.05, 4.69) is 26.8 Å². The molecule has 4 rings (SSSR count). The van der Waals surface area contributed by atoms with Crippen molar-refractivity contribution in [2.45, 2.75) is 46.5 Å². The van der Waals surface area contributed by atoms with Gasteiger partial charge in [-0.05, 0) is 67.1 Å². The summed E-state index contributed by atoms with van der Waals surface area (Å²) < 4.78 is 0. The van der Waals surface area contributed by atoms with Gasteiger partial charge in [-0.1, -0.05) is 32.4 Å². The molecule has 3 saturated carbocycles. The van der Waals surface area contributed by atoms with Gasteiger partial charge in [0.05, 0.1) is 5.41 Å². The predicted molar refractivity (Wildman–Crippen MR) is 78.1 cm³/mol. The minimum atomic E-state index is -0.509. The van der Waals surface area contributed by atoms with Crippen molar-refractivity contribution in [3.63, 3.8) is 0 Å². The van der Waals surface area contributed by atoms with Gasteiger partial charge in [-0.3, -0.25) is 4.79 Å². The summed E-state index contributed by atoms with van der Waals surface area (Å²) in [5, 5.41) is 10.2. The van der Waals surface area contributed by atoms with Crippen LogP contribution in [0.1, 0.15) is 46.5 Å². The van der Waals surface area contributed by atoms with E-state index in [1.165, 1.54) is 18.4 Å². The smallest absolute Gasteiger partial charge is 0.314 e. The normalized spacial score (nSPS) is 52.3. The molecule has 4 aliphatic rings. The van der Waals surface area contributed by atoms with Gasteiger partial charge in [0.25, 0.3) is 0 Å². The average molecular weight is 274 g/mol. The van der Waals surface area contributed by atoms with Crippen molar-refractivity contribution in [3.05, 3.63) is 11.6 Å². The molecule has 0 spiro atoms. The Hall–Kier alpha value is -0.790. The molecule has 1 N–H and O–H groups in total. The van der Waals surface area contributed by atoms with Crippen LogP contribution in [0.4, 0.5) is 0 Å². The highest BCUT2D eigenvalue weighted by Crippen LogP contribution is 2.72. The zero-order chi connectivity index (χ0) is 14.2. The molecule has 3 fully saturated rings. The number of hydrogen-bond acceptors (Lipinski definition) is 1. The maximum absolute atomic E-state index is 12.3. The molecule has 0 heterocycles. The van der Waals surface area contributed by atoms with Crippen molar-refractivity contribution in [1.29, 1.82) is 0 Å². The van der Waals surface area contributed by atoms with Crippen LogP contribution in [0.25, 0.3) is 0 Å². The van der Waals surface area contributed by atoms with Gasteiger partial charge in [-0.15, -0.1) is 0 Å². The summed E-state index contributed by atoms with van der Waals surface area (Å²) in [5.41, 5.74) is 0.869. The Morgan fingerprint density at radius 2 is 2.10 bits per heavy atom. The van der Waals surface area contributed by atoms with Crippen LogP contribution in [0.5, 0.6) is 0 Å². The molecule has 0 amide bonds. The minimum Gasteiger partial charge on any atom is -0.481 e. The van der Waals surface area contributed by atoms with E-state index < -0.39 is 11.4 Å². The van der Waals surface area contributed by atoms with Crippen LogP contribution in [-0.2, 0) is 4.79 Å². The van der Waals surface area contributed by atoms with Crippen molar-refractivity contribution in [2.75, 3.05) is 0 Å². The minimum absolute atomic E-state index is 0.367. The zero-order valence-electron chi connectivity index (χ0n) is 12.8. The number of hydrogen-bond donors (Lipinski definition) is 1. The summed E-state index contributed by atoms with van der Waals surface area (Å²) in [6.45, 7) is 6.81. The fourth-order valence-corrected chi connectivity index (χ4v) is 6.63. The van der Waals surface area contributed by atoms with Crippen LogP contribution in [0.2, 0.25) is 0 Å². The lowest BCUT2D eigenvalue weighted by Crippen LogP contribution is -2.49. The Kier molecular flexibility index (Phi) is 2.52. The number of carboxylic acids is 1. The standard InChI is InChI=1S/C18H26O2/c1-9(2)14-6-11-7-16-12-5-4-10(3)13(12)8-15(11)18(14,16)17(19)20/h8-14,16H,4-7H2,1-3H3,(H,19,20). The first-order valence-corrected chi connectivity index (χ1v) is 8.43. The first kappa shape index (κ1) is 12.9. The van der Waals surface area contributed by atoms with E-state index in [1.807, 2.05) is 0 Å². The molecule has 0 radical (unpaired) electrons. The highest BCUT2D eigenvalue weighted by molar-refractivity contribution is 5.82. The Morgan fingerprint density at radius 1 is 1.35 bits per heavy atom. The van der Waals surface area contributed by atoms with E-state index in [4.69, 9.17) is 0 Å². The first-order valence-electron chi connectivity index (χ1n) is 8.43. The highest BCUT2D eigenvalue weighted by atomic mass is 16.4. The van der Waals surface area contributed by atoms with Gasteiger partial charge in [0.1, 0.15) is 0 Å². The monoisotopic (exact) mass is 274 g/mol. The third-order valence-corrected chi connectivity index (χ3v) is 7.32. The molecule has 2 heteroatoms. The molecule has 0 saturated heterocycles. The summed E-state index contributed by atoms with van der Waals surface area (Å²) in [7, 11) is 0. The van der Waals surface area contributed by atoms with Gasteiger partial charge in [0.15, 0.2) is 0 Å². The molecule has 2 nitrogen and oxygen atoms in total. The van der Waals surface area contributed by atoms with Crippen LogP contribution in [0.15, 0.2) is 11.6 Å². The van der Waals surface area contributed by atoms with Gasteiger partial charge >= 0.3 is 5.97 Å². The van der Waals surface area contributed by atoms with Crippen molar-refractivity contribution in [3.8, 4) is 0 Å². The Bertz CT molecular complexity index is 492. The topological polar surface area (TPSA) is 37.3 Å². The quantitative estimate of drug-likeness (QED) is 0.774. The summed E-state index contributed by atoms with van der Waals surface area (Å²) in [4.78, 5) is 12.3. The van der Waals surface area contributed by atoms with E-state index in [0.717, 1.165) is 18.8 Å². The molecule has 0 aliphatic heterocycles. The zero-order valence-corrected chi connectivity index (χ0v) is 12.8. The summed E-state index contributed by atoms with van der Waals surface area (Å²) in [6.07, 6.45) is 7.29. The lowest BCUT2D eigenvalue weighted by atomic mass is 9.56. The number of allylic oxidation sites excluding steroid dienone is 1. The average Bonchev–Trinajstić information content (AvgIpc) is 2.99. The third kappa shape index (κ3) is 1.25. The van der Waals surface area contributed by atoms with Crippen LogP contribution in [0.3, 0.4) is 0 Å². The lowest BCUT2D eigenvalue weighted by molar-refractivity contribution is -0.156. The largest absolute Gasteiger partial charge is 0.481 e. The molecule has 20 heavy (non-hydrogen) atoms. The molecule has 4 aliphatic carbocycles. The van der Waals surface area contributed by atoms with E-state index in [1.54, 1.807) is 0 Å². The number of fused-ring (bicyclic) bond motifs is 2. The molecule has 0 aromatic heterocycles. The number of aliphatic carboxylic acids is 1. The van der Waals surface area contributed by atoms with Crippen LogP contribution in [-0.4, -0.2) is 11.1 Å². The maximum atomic E-state index is 12.3. The molecular weight excluding hydrogens is 248 g/mol. The lowest BCUT2D eigenvalue weighted by Gasteiger charge is -2.46. The van der Waals surface area contributed by atoms with Gasteiger partial charge in [0, 0.05) is 0 Å². The second kappa shape index (κ2) is 3.90. The number of rotatable bonds is 2. The van der Waals surface area contributed by atoms with Crippen molar-refractivity contribution < 1.29 is 9.90 Å². The van der Waals surface area contributed by atoms with Crippen molar-refractivity contribution in [1.82, 2.24) is 0 Å². The Morgan fingerprint density at radius 3 is 2.75 bits per heavy atom. The molecule has 110 valence electrons. The van der Waals surface area contributed by atoms with Crippen LogP contribution in [0, 0.1) is 46.8 Å². The highest BCUT2D eigenvalue weighted by Gasteiger charge is 2.70. The van der Waals surface area contributed by atoms with Crippen LogP contribution < -0.4 is 0 Å². The predicted octanol–water partition coefficient (Wildman–Crippen LogP) is 3.97. The Balaban J connectivity index is 1.88. The van der Waals surface area contributed by atoms with Gasteiger partial charge < -0.3 is 5.11 Å². The SMILES string of the molecule is CC(C)C1CC2CC3C4CCC(C)C4C=C2C13C(=O)O. The van der Waals surface area contributed by atoms with E-state index in [-0.39, 0.29) is 0 Å². The van der Waals surface area contributed by atoms with E-state index in [0.29, 0.717) is 35.5 Å². The number of carboxylic acid groups (broad SMARTS) is 1. The van der Waals surface area contributed by atoms with Gasteiger partial charge in [-0.2, -0.15) is 0 Å². The summed E-state index contributed by atoms with van der Waals surface area (Å²) in [6, 6.07) is 0. The molecule has 4 bridgehead atoms. The summed E-state index contributed by atoms with van der Waals surface area (Å²) in [5.74, 6) is 3.45. The molecule has 7 unspecified atom stereocenters. The van der Waals surface area contributed by atoms with Crippen molar-refractivity contribution in [2.24, 2.45) is 46.8 Å². The fraction of sp³-hybridized carbons (Fsp3) is 0.833. The first-order chi connectivity index (χ1) is 9.47. The second-order valence-electron chi connectivity index (χ2n) is 8.22. The molecular formula is C18H26O2.